The van der Waals surface area contributed by atoms with E-state index in [0.717, 1.165) is 32.5 Å². The molecule has 4 nitrogen and oxygen atoms in total. The van der Waals surface area contributed by atoms with Gasteiger partial charge < -0.3 is 14.6 Å². The summed E-state index contributed by atoms with van der Waals surface area (Å²) in [4.78, 5) is 6.64. The van der Waals surface area contributed by atoms with E-state index in [2.05, 4.69) is 39.8 Å². The van der Waals surface area contributed by atoms with Crippen LogP contribution in [0.2, 0.25) is 0 Å². The first-order valence-electron chi connectivity index (χ1n) is 8.11. The topological polar surface area (TPSA) is 41.3 Å². The number of rotatable bonds is 6. The summed E-state index contributed by atoms with van der Waals surface area (Å²) in [5.74, 6) is 1.86. The number of hydrogen-bond donors (Lipinski definition) is 1. The van der Waals surface area contributed by atoms with Gasteiger partial charge in [0, 0.05) is 38.4 Å². The quantitative estimate of drug-likeness (QED) is 0.887. The Morgan fingerprint density at radius 3 is 3.00 bits per heavy atom. The second-order valence-electron chi connectivity index (χ2n) is 6.47. The van der Waals surface area contributed by atoms with Gasteiger partial charge in [-0.15, -0.1) is 0 Å². The van der Waals surface area contributed by atoms with Crippen LogP contribution in [0.1, 0.15) is 17.8 Å². The summed E-state index contributed by atoms with van der Waals surface area (Å²) in [6.07, 6.45) is 6.65. The highest BCUT2D eigenvalue weighted by Gasteiger charge is 2.20. The average molecular weight is 299 g/mol. The molecule has 1 aliphatic heterocycles. The molecule has 0 amide bonds. The summed E-state index contributed by atoms with van der Waals surface area (Å²) in [7, 11) is 2.11. The second-order valence-corrected chi connectivity index (χ2v) is 6.47. The van der Waals surface area contributed by atoms with E-state index in [4.69, 9.17) is 0 Å². The summed E-state index contributed by atoms with van der Waals surface area (Å²) < 4.78 is 2.27. The lowest BCUT2D eigenvalue weighted by Gasteiger charge is -2.29. The van der Waals surface area contributed by atoms with Crippen LogP contribution in [0, 0.1) is 5.92 Å². The lowest BCUT2D eigenvalue weighted by molar-refractivity contribution is 0.112. The van der Waals surface area contributed by atoms with Crippen molar-refractivity contribution in [3.05, 3.63) is 54.1 Å². The number of fused-ring (bicyclic) bond motifs is 1. The molecule has 0 aliphatic carbocycles. The molecule has 1 N–H and O–H groups in total. The Labute approximate surface area is 132 Å². The van der Waals surface area contributed by atoms with Crippen LogP contribution < -0.4 is 0 Å². The van der Waals surface area contributed by atoms with E-state index in [1.165, 1.54) is 17.8 Å². The van der Waals surface area contributed by atoms with Gasteiger partial charge in [-0.25, -0.2) is 4.98 Å². The van der Waals surface area contributed by atoms with Crippen molar-refractivity contribution in [2.75, 3.05) is 20.1 Å². The standard InChI is InChI=1S/C18H25N3O/c1-20(14-17(22)11-15-5-3-2-4-6-15)12-16-7-8-18-19-9-10-21(18)13-16/h2-6,9-10,16-17,22H,7-8,11-14H2,1H3/t16-,17-/m0/s1. The van der Waals surface area contributed by atoms with Crippen LogP contribution in [0.5, 0.6) is 0 Å². The molecule has 2 heterocycles. The van der Waals surface area contributed by atoms with Crippen molar-refractivity contribution < 1.29 is 5.11 Å². The molecular weight excluding hydrogens is 274 g/mol. The number of aromatic nitrogens is 2. The van der Waals surface area contributed by atoms with Gasteiger partial charge in [0.25, 0.3) is 0 Å². The summed E-state index contributed by atoms with van der Waals surface area (Å²) in [5.41, 5.74) is 1.20. The van der Waals surface area contributed by atoms with Crippen LogP contribution in [0.3, 0.4) is 0 Å². The first-order valence-corrected chi connectivity index (χ1v) is 8.11. The maximum absolute atomic E-state index is 10.3. The molecule has 22 heavy (non-hydrogen) atoms. The van der Waals surface area contributed by atoms with Crippen molar-refractivity contribution in [1.29, 1.82) is 0 Å². The number of aryl methyl sites for hydroxylation is 1. The van der Waals surface area contributed by atoms with Crippen molar-refractivity contribution in [3.63, 3.8) is 0 Å². The normalized spacial score (nSPS) is 19.1. The average Bonchev–Trinajstić information content (AvgIpc) is 2.95. The lowest BCUT2D eigenvalue weighted by atomic mass is 9.98. The molecule has 0 fully saturated rings. The van der Waals surface area contributed by atoms with E-state index in [1.807, 2.05) is 24.4 Å². The fourth-order valence-corrected chi connectivity index (χ4v) is 3.41. The minimum Gasteiger partial charge on any atom is -0.391 e. The summed E-state index contributed by atoms with van der Waals surface area (Å²) in [6, 6.07) is 10.2. The zero-order valence-corrected chi connectivity index (χ0v) is 13.2. The third kappa shape index (κ3) is 3.96. The summed E-state index contributed by atoms with van der Waals surface area (Å²) >= 11 is 0. The maximum Gasteiger partial charge on any atom is 0.108 e. The Hall–Kier alpha value is -1.65. The number of hydrogen-bond acceptors (Lipinski definition) is 3. The molecule has 0 bridgehead atoms. The van der Waals surface area contributed by atoms with Gasteiger partial charge in [-0.2, -0.15) is 0 Å². The van der Waals surface area contributed by atoms with Crippen LogP contribution >= 0.6 is 0 Å². The van der Waals surface area contributed by atoms with Gasteiger partial charge in [-0.05, 0) is 31.4 Å². The van der Waals surface area contributed by atoms with E-state index in [0.29, 0.717) is 5.92 Å². The lowest BCUT2D eigenvalue weighted by Crippen LogP contribution is -2.36. The molecule has 0 radical (unpaired) electrons. The predicted octanol–water partition coefficient (Wildman–Crippen LogP) is 1.98. The molecule has 4 heteroatoms. The molecule has 2 aromatic rings. The number of aliphatic hydroxyl groups is 1. The molecule has 1 aliphatic rings. The van der Waals surface area contributed by atoms with E-state index >= 15 is 0 Å². The van der Waals surface area contributed by atoms with Crippen molar-refractivity contribution in [2.45, 2.75) is 31.9 Å². The summed E-state index contributed by atoms with van der Waals surface area (Å²) in [6.45, 7) is 2.81. The number of benzene rings is 1. The fourth-order valence-electron chi connectivity index (χ4n) is 3.41. The Bertz CT molecular complexity index is 581. The molecule has 1 aromatic heterocycles. The molecular formula is C18H25N3O. The van der Waals surface area contributed by atoms with Crippen molar-refractivity contribution >= 4 is 0 Å². The van der Waals surface area contributed by atoms with Crippen molar-refractivity contribution in [1.82, 2.24) is 14.5 Å². The Kier molecular flexibility index (Phi) is 4.90. The first-order chi connectivity index (χ1) is 10.7. The largest absolute Gasteiger partial charge is 0.391 e. The highest BCUT2D eigenvalue weighted by atomic mass is 16.3. The highest BCUT2D eigenvalue weighted by Crippen LogP contribution is 2.19. The van der Waals surface area contributed by atoms with Crippen LogP contribution in [0.4, 0.5) is 0 Å². The van der Waals surface area contributed by atoms with Gasteiger partial charge >= 0.3 is 0 Å². The Morgan fingerprint density at radius 2 is 2.18 bits per heavy atom. The van der Waals surface area contributed by atoms with Gasteiger partial charge in [-0.1, -0.05) is 30.3 Å². The Morgan fingerprint density at radius 1 is 1.36 bits per heavy atom. The monoisotopic (exact) mass is 299 g/mol. The zero-order chi connectivity index (χ0) is 15.4. The third-order valence-corrected chi connectivity index (χ3v) is 4.44. The minimum atomic E-state index is -0.306. The number of aliphatic hydroxyl groups excluding tert-OH is 1. The van der Waals surface area contributed by atoms with E-state index in [9.17, 15) is 5.11 Å². The molecule has 3 rings (SSSR count). The number of imidazole rings is 1. The maximum atomic E-state index is 10.3. The molecule has 0 spiro atoms. The van der Waals surface area contributed by atoms with Crippen LogP contribution in [-0.4, -0.2) is 45.8 Å². The minimum absolute atomic E-state index is 0.306. The molecule has 118 valence electrons. The van der Waals surface area contributed by atoms with Crippen molar-refractivity contribution in [2.24, 2.45) is 5.92 Å². The van der Waals surface area contributed by atoms with Gasteiger partial charge in [0.05, 0.1) is 6.10 Å². The van der Waals surface area contributed by atoms with Gasteiger partial charge in [0.2, 0.25) is 0 Å². The van der Waals surface area contributed by atoms with Crippen molar-refractivity contribution in [3.8, 4) is 0 Å². The molecule has 2 atom stereocenters. The van der Waals surface area contributed by atoms with E-state index in [1.54, 1.807) is 0 Å². The summed E-state index contributed by atoms with van der Waals surface area (Å²) in [5, 5.41) is 10.3. The van der Waals surface area contributed by atoms with E-state index < -0.39 is 0 Å². The Balaban J connectivity index is 1.45. The smallest absolute Gasteiger partial charge is 0.108 e. The molecule has 0 saturated carbocycles. The zero-order valence-electron chi connectivity index (χ0n) is 13.2. The van der Waals surface area contributed by atoms with Gasteiger partial charge in [0.15, 0.2) is 0 Å². The second kappa shape index (κ2) is 7.07. The molecule has 1 aromatic carbocycles. The van der Waals surface area contributed by atoms with Crippen LogP contribution in [-0.2, 0) is 19.4 Å². The van der Waals surface area contributed by atoms with Crippen LogP contribution in [0.15, 0.2) is 42.7 Å². The highest BCUT2D eigenvalue weighted by molar-refractivity contribution is 5.15. The first kappa shape index (κ1) is 15.3. The van der Waals surface area contributed by atoms with Crippen LogP contribution in [0.25, 0.3) is 0 Å². The number of likely N-dealkylation sites (N-methyl/N-ethyl adjacent to an activating group) is 1. The molecule has 0 unspecified atom stereocenters. The predicted molar refractivity (Wildman–Crippen MR) is 87.7 cm³/mol. The van der Waals surface area contributed by atoms with E-state index in [-0.39, 0.29) is 6.10 Å². The SMILES string of the molecule is CN(C[C@@H](O)Cc1ccccc1)C[C@@H]1CCc2nccn2C1. The van der Waals surface area contributed by atoms with Gasteiger partial charge in [0.1, 0.15) is 5.82 Å². The fraction of sp³-hybridized carbons (Fsp3) is 0.500. The molecule has 0 saturated heterocycles. The number of nitrogens with zero attached hydrogens (tertiary/aromatic N) is 3. The van der Waals surface area contributed by atoms with Gasteiger partial charge in [-0.3, -0.25) is 0 Å². The third-order valence-electron chi connectivity index (χ3n) is 4.44.